The molecule has 1 aliphatic rings. The van der Waals surface area contributed by atoms with Crippen LogP contribution in [0.1, 0.15) is 43.0 Å². The Kier molecular flexibility index (Phi) is 4.52. The number of rotatable bonds is 2. The van der Waals surface area contributed by atoms with E-state index in [9.17, 15) is 4.79 Å². The number of hydrogen-bond acceptors (Lipinski definition) is 1. The molecule has 98 valence electrons. The summed E-state index contributed by atoms with van der Waals surface area (Å²) >= 11 is 12.0. The zero-order valence-corrected chi connectivity index (χ0v) is 12.0. The quantitative estimate of drug-likeness (QED) is 0.789. The first-order valence-electron chi connectivity index (χ1n) is 6.39. The maximum Gasteiger partial charge on any atom is 0.255 e. The van der Waals surface area contributed by atoms with Gasteiger partial charge in [-0.1, -0.05) is 30.1 Å². The van der Waals surface area contributed by atoms with Crippen molar-refractivity contribution in [2.24, 2.45) is 0 Å². The van der Waals surface area contributed by atoms with Gasteiger partial charge in [-0.15, -0.1) is 0 Å². The third-order valence-electron chi connectivity index (χ3n) is 3.52. The number of benzene rings is 1. The van der Waals surface area contributed by atoms with E-state index in [4.69, 9.17) is 23.2 Å². The number of hydrogen-bond donors (Lipinski definition) is 0. The monoisotopic (exact) mass is 285 g/mol. The predicted molar refractivity (Wildman–Crippen MR) is 75.4 cm³/mol. The number of carbonyl (C=O) groups is 1. The van der Waals surface area contributed by atoms with E-state index in [2.05, 4.69) is 6.92 Å². The summed E-state index contributed by atoms with van der Waals surface area (Å²) in [6.45, 7) is 2.95. The van der Waals surface area contributed by atoms with Crippen LogP contribution in [-0.4, -0.2) is 23.4 Å². The first kappa shape index (κ1) is 13.7. The standard InChI is InChI=1S/C14H17Cl2NO/c1-2-11-5-3-4-8-17(11)14(18)12-7-6-10(15)9-13(12)16/h6-7,9,11H,2-5,8H2,1H3/t11-/m1/s1. The van der Waals surface area contributed by atoms with E-state index in [0.717, 1.165) is 25.8 Å². The van der Waals surface area contributed by atoms with Crippen molar-refractivity contribution in [3.63, 3.8) is 0 Å². The van der Waals surface area contributed by atoms with Crippen LogP contribution < -0.4 is 0 Å². The van der Waals surface area contributed by atoms with Crippen molar-refractivity contribution in [1.82, 2.24) is 4.90 Å². The lowest BCUT2D eigenvalue weighted by molar-refractivity contribution is 0.0608. The van der Waals surface area contributed by atoms with Crippen molar-refractivity contribution in [1.29, 1.82) is 0 Å². The Morgan fingerprint density at radius 3 is 2.83 bits per heavy atom. The molecule has 1 saturated heterocycles. The van der Waals surface area contributed by atoms with Gasteiger partial charge >= 0.3 is 0 Å². The minimum Gasteiger partial charge on any atom is -0.336 e. The maximum atomic E-state index is 12.5. The average molecular weight is 286 g/mol. The van der Waals surface area contributed by atoms with E-state index < -0.39 is 0 Å². The number of likely N-dealkylation sites (tertiary alicyclic amines) is 1. The third kappa shape index (κ3) is 2.81. The van der Waals surface area contributed by atoms with Crippen molar-refractivity contribution < 1.29 is 4.79 Å². The summed E-state index contributed by atoms with van der Waals surface area (Å²) in [5, 5.41) is 0.996. The molecule has 1 aliphatic heterocycles. The molecule has 1 aromatic carbocycles. The molecule has 0 spiro atoms. The van der Waals surface area contributed by atoms with E-state index in [-0.39, 0.29) is 5.91 Å². The second-order valence-corrected chi connectivity index (χ2v) is 5.52. The summed E-state index contributed by atoms with van der Waals surface area (Å²) in [7, 11) is 0. The second kappa shape index (κ2) is 5.94. The van der Waals surface area contributed by atoms with Crippen LogP contribution in [0.15, 0.2) is 18.2 Å². The van der Waals surface area contributed by atoms with Crippen LogP contribution >= 0.6 is 23.2 Å². The van der Waals surface area contributed by atoms with Crippen molar-refractivity contribution in [3.8, 4) is 0 Å². The molecule has 1 aromatic rings. The van der Waals surface area contributed by atoms with Gasteiger partial charge in [0.05, 0.1) is 10.6 Å². The van der Waals surface area contributed by atoms with E-state index in [1.807, 2.05) is 4.90 Å². The minimum absolute atomic E-state index is 0.0308. The zero-order chi connectivity index (χ0) is 13.1. The first-order valence-corrected chi connectivity index (χ1v) is 7.15. The molecule has 0 aromatic heterocycles. The van der Waals surface area contributed by atoms with Gasteiger partial charge in [-0.3, -0.25) is 4.79 Å². The average Bonchev–Trinajstić information content (AvgIpc) is 2.38. The summed E-state index contributed by atoms with van der Waals surface area (Å²) in [5.74, 6) is 0.0308. The Hall–Kier alpha value is -0.730. The van der Waals surface area contributed by atoms with Crippen LogP contribution in [0.2, 0.25) is 10.0 Å². The number of piperidine rings is 1. The van der Waals surface area contributed by atoms with Crippen LogP contribution in [0.4, 0.5) is 0 Å². The van der Waals surface area contributed by atoms with Crippen molar-refractivity contribution in [2.75, 3.05) is 6.54 Å². The molecule has 0 saturated carbocycles. The van der Waals surface area contributed by atoms with E-state index >= 15 is 0 Å². The molecule has 0 unspecified atom stereocenters. The molecule has 1 amide bonds. The van der Waals surface area contributed by atoms with Crippen molar-refractivity contribution >= 4 is 29.1 Å². The van der Waals surface area contributed by atoms with Gasteiger partial charge in [-0.25, -0.2) is 0 Å². The molecule has 0 radical (unpaired) electrons. The normalized spacial score (nSPS) is 19.9. The Bertz CT molecular complexity index is 447. The van der Waals surface area contributed by atoms with Gasteiger partial charge in [0.25, 0.3) is 5.91 Å². The summed E-state index contributed by atoms with van der Waals surface area (Å²) in [4.78, 5) is 14.5. The van der Waals surface area contributed by atoms with E-state index in [1.165, 1.54) is 6.42 Å². The molecular weight excluding hydrogens is 269 g/mol. The summed E-state index contributed by atoms with van der Waals surface area (Å²) < 4.78 is 0. The van der Waals surface area contributed by atoms with E-state index in [1.54, 1.807) is 18.2 Å². The molecule has 1 atom stereocenters. The number of carbonyl (C=O) groups excluding carboxylic acids is 1. The van der Waals surface area contributed by atoms with Gasteiger partial charge in [0.15, 0.2) is 0 Å². The fraction of sp³-hybridized carbons (Fsp3) is 0.500. The maximum absolute atomic E-state index is 12.5. The first-order chi connectivity index (χ1) is 8.63. The van der Waals surface area contributed by atoms with Gasteiger partial charge in [0.1, 0.15) is 0 Å². The zero-order valence-electron chi connectivity index (χ0n) is 10.5. The highest BCUT2D eigenvalue weighted by Gasteiger charge is 2.27. The lowest BCUT2D eigenvalue weighted by atomic mass is 9.99. The third-order valence-corrected chi connectivity index (χ3v) is 4.07. The summed E-state index contributed by atoms with van der Waals surface area (Å²) in [6.07, 6.45) is 4.37. The lowest BCUT2D eigenvalue weighted by Crippen LogP contribution is -2.43. The Morgan fingerprint density at radius 1 is 1.39 bits per heavy atom. The molecule has 4 heteroatoms. The smallest absolute Gasteiger partial charge is 0.255 e. The topological polar surface area (TPSA) is 20.3 Å². The molecule has 0 bridgehead atoms. The number of amides is 1. The minimum atomic E-state index is 0.0308. The van der Waals surface area contributed by atoms with Crippen LogP contribution in [0, 0.1) is 0 Å². The fourth-order valence-electron chi connectivity index (χ4n) is 2.51. The van der Waals surface area contributed by atoms with Gasteiger partial charge in [0, 0.05) is 17.6 Å². The number of halogens is 2. The Labute approximate surface area is 118 Å². The van der Waals surface area contributed by atoms with E-state index in [0.29, 0.717) is 21.7 Å². The van der Waals surface area contributed by atoms with Gasteiger partial charge in [-0.05, 0) is 43.9 Å². The molecule has 0 aliphatic carbocycles. The highest BCUT2D eigenvalue weighted by Crippen LogP contribution is 2.26. The molecule has 2 rings (SSSR count). The lowest BCUT2D eigenvalue weighted by Gasteiger charge is -2.35. The van der Waals surface area contributed by atoms with Gasteiger partial charge < -0.3 is 4.90 Å². The Morgan fingerprint density at radius 2 is 2.17 bits per heavy atom. The molecule has 2 nitrogen and oxygen atoms in total. The van der Waals surface area contributed by atoms with Gasteiger partial charge in [-0.2, -0.15) is 0 Å². The number of nitrogens with zero attached hydrogens (tertiary/aromatic N) is 1. The molecular formula is C14H17Cl2NO. The molecule has 1 fully saturated rings. The SMILES string of the molecule is CC[C@@H]1CCCCN1C(=O)c1ccc(Cl)cc1Cl. The van der Waals surface area contributed by atoms with Crippen molar-refractivity contribution in [3.05, 3.63) is 33.8 Å². The highest BCUT2D eigenvalue weighted by molar-refractivity contribution is 6.36. The summed E-state index contributed by atoms with van der Waals surface area (Å²) in [5.41, 5.74) is 0.557. The van der Waals surface area contributed by atoms with Crippen LogP contribution in [0.5, 0.6) is 0 Å². The molecule has 1 heterocycles. The van der Waals surface area contributed by atoms with Crippen LogP contribution in [0.25, 0.3) is 0 Å². The summed E-state index contributed by atoms with van der Waals surface area (Å²) in [6, 6.07) is 5.40. The Balaban J connectivity index is 2.24. The van der Waals surface area contributed by atoms with Crippen molar-refractivity contribution in [2.45, 2.75) is 38.6 Å². The van der Waals surface area contributed by atoms with Crippen LogP contribution in [-0.2, 0) is 0 Å². The largest absolute Gasteiger partial charge is 0.336 e. The van der Waals surface area contributed by atoms with Gasteiger partial charge in [0.2, 0.25) is 0 Å². The predicted octanol–water partition coefficient (Wildman–Crippen LogP) is 4.40. The van der Waals surface area contributed by atoms with Crippen LogP contribution in [0.3, 0.4) is 0 Å². The fourth-order valence-corrected chi connectivity index (χ4v) is 3.00. The molecule has 0 N–H and O–H groups in total. The molecule has 18 heavy (non-hydrogen) atoms. The highest BCUT2D eigenvalue weighted by atomic mass is 35.5. The second-order valence-electron chi connectivity index (χ2n) is 4.68.